The van der Waals surface area contributed by atoms with E-state index >= 15 is 0 Å². The van der Waals surface area contributed by atoms with Crippen LogP contribution < -0.4 is 0 Å². The van der Waals surface area contributed by atoms with Crippen LogP contribution in [0.1, 0.15) is 58.8 Å². The third-order valence-corrected chi connectivity index (χ3v) is 10.1. The van der Waals surface area contributed by atoms with Crippen LogP contribution in [0, 0.1) is 69.5 Å². The Labute approximate surface area is 151 Å². The Morgan fingerprint density at radius 3 is 2.80 bits per heavy atom. The van der Waals surface area contributed by atoms with Gasteiger partial charge in [-0.25, -0.2) is 0 Å². The maximum absolute atomic E-state index is 12.0. The van der Waals surface area contributed by atoms with Crippen molar-refractivity contribution in [2.45, 2.75) is 58.8 Å². The van der Waals surface area contributed by atoms with Gasteiger partial charge >= 0.3 is 0 Å². The summed E-state index contributed by atoms with van der Waals surface area (Å²) in [5, 5.41) is 10.2. The quantitative estimate of drug-likeness (QED) is 0.693. The molecule has 2 nitrogen and oxygen atoms in total. The highest BCUT2D eigenvalue weighted by Gasteiger charge is 2.77. The van der Waals surface area contributed by atoms with E-state index in [9.17, 15) is 10.1 Å². The Kier molecular flexibility index (Phi) is 2.65. The van der Waals surface area contributed by atoms with Crippen LogP contribution in [-0.4, -0.2) is 5.78 Å². The second-order valence-corrected chi connectivity index (χ2v) is 10.4. The third-order valence-electron chi connectivity index (χ3n) is 10.1. The SMILES string of the molecule is CC[C@]1(C#N)[C@H]2C[C@H]2[C@H]2[C@@H]3[C@H]4C[C@H]4C4=CC(=O)CC[C@@H]4[C@H]3CC[C@@]21C. The molecule has 0 amide bonds. The largest absolute Gasteiger partial charge is 0.295 e. The fraction of sp³-hybridized carbons (Fsp3) is 0.826. The van der Waals surface area contributed by atoms with Crippen LogP contribution in [0.5, 0.6) is 0 Å². The highest BCUT2D eigenvalue weighted by molar-refractivity contribution is 5.91. The van der Waals surface area contributed by atoms with Crippen molar-refractivity contribution in [3.05, 3.63) is 11.6 Å². The van der Waals surface area contributed by atoms with Crippen LogP contribution in [0.25, 0.3) is 0 Å². The van der Waals surface area contributed by atoms with Gasteiger partial charge in [0, 0.05) is 6.42 Å². The molecule has 132 valence electrons. The van der Waals surface area contributed by atoms with E-state index < -0.39 is 0 Å². The van der Waals surface area contributed by atoms with Gasteiger partial charge in [-0.3, -0.25) is 4.79 Å². The lowest BCUT2D eigenvalue weighted by Gasteiger charge is -2.57. The first-order valence-electron chi connectivity index (χ1n) is 10.7. The first-order valence-corrected chi connectivity index (χ1v) is 10.7. The number of hydrogen-bond donors (Lipinski definition) is 0. The van der Waals surface area contributed by atoms with E-state index in [-0.39, 0.29) is 10.8 Å². The van der Waals surface area contributed by atoms with Crippen LogP contribution in [-0.2, 0) is 4.79 Å². The number of carbonyl (C=O) groups excluding carboxylic acids is 1. The number of nitriles is 1. The molecular weight excluding hydrogens is 306 g/mol. The maximum Gasteiger partial charge on any atom is 0.155 e. The number of fused-ring (bicyclic) bond motifs is 10. The number of allylic oxidation sites excluding steroid dienone is 1. The van der Waals surface area contributed by atoms with Crippen molar-refractivity contribution in [3.63, 3.8) is 0 Å². The van der Waals surface area contributed by atoms with Crippen LogP contribution in [0.2, 0.25) is 0 Å². The minimum atomic E-state index is -0.0453. The minimum Gasteiger partial charge on any atom is -0.295 e. The molecule has 2 heteroatoms. The zero-order valence-corrected chi connectivity index (χ0v) is 15.5. The van der Waals surface area contributed by atoms with Crippen LogP contribution in [0.3, 0.4) is 0 Å². The molecule has 0 spiro atoms. The summed E-state index contributed by atoms with van der Waals surface area (Å²) in [6.07, 6.45) is 10.2. The lowest BCUT2D eigenvalue weighted by molar-refractivity contribution is -0.116. The average molecular weight is 335 g/mol. The second-order valence-electron chi connectivity index (χ2n) is 10.4. The van der Waals surface area contributed by atoms with Gasteiger partial charge in [-0.05, 0) is 97.4 Å². The second kappa shape index (κ2) is 4.41. The summed E-state index contributed by atoms with van der Waals surface area (Å²) < 4.78 is 0. The molecule has 5 fully saturated rings. The molecular formula is C23H29NO. The number of nitrogens with zero attached hydrogens (tertiary/aromatic N) is 1. The molecule has 5 saturated carbocycles. The van der Waals surface area contributed by atoms with Crippen LogP contribution >= 0.6 is 0 Å². The fourth-order valence-electron chi connectivity index (χ4n) is 9.10. The smallest absolute Gasteiger partial charge is 0.155 e. The Hall–Kier alpha value is -1.10. The lowest BCUT2D eigenvalue weighted by atomic mass is 9.46. The molecule has 0 aromatic rings. The topological polar surface area (TPSA) is 40.9 Å². The summed E-state index contributed by atoms with van der Waals surface area (Å²) in [6.45, 7) is 4.77. The van der Waals surface area contributed by atoms with Gasteiger partial charge in [-0.15, -0.1) is 0 Å². The van der Waals surface area contributed by atoms with Crippen molar-refractivity contribution in [3.8, 4) is 6.07 Å². The Morgan fingerprint density at radius 1 is 1.20 bits per heavy atom. The molecule has 0 aliphatic heterocycles. The van der Waals surface area contributed by atoms with Gasteiger partial charge in [0.2, 0.25) is 0 Å². The van der Waals surface area contributed by atoms with E-state index in [2.05, 4.69) is 26.0 Å². The van der Waals surface area contributed by atoms with Gasteiger partial charge in [0.05, 0.1) is 11.5 Å². The Balaban J connectivity index is 1.43. The molecule has 0 heterocycles. The Bertz CT molecular complexity index is 746. The van der Waals surface area contributed by atoms with E-state index in [1.807, 2.05) is 0 Å². The summed E-state index contributed by atoms with van der Waals surface area (Å²) in [7, 11) is 0. The van der Waals surface area contributed by atoms with Gasteiger partial charge in [-0.2, -0.15) is 5.26 Å². The van der Waals surface area contributed by atoms with Gasteiger partial charge < -0.3 is 0 Å². The van der Waals surface area contributed by atoms with E-state index in [0.717, 1.165) is 54.8 Å². The predicted molar refractivity (Wildman–Crippen MR) is 95.2 cm³/mol. The molecule has 0 aromatic heterocycles. The van der Waals surface area contributed by atoms with Gasteiger partial charge in [0.25, 0.3) is 0 Å². The normalized spacial score (nSPS) is 60.2. The summed E-state index contributed by atoms with van der Waals surface area (Å²) >= 11 is 0. The predicted octanol–water partition coefficient (Wildman–Crippen LogP) is 4.76. The number of carbonyl (C=O) groups is 1. The van der Waals surface area contributed by atoms with Gasteiger partial charge in [0.1, 0.15) is 0 Å². The van der Waals surface area contributed by atoms with Crippen molar-refractivity contribution < 1.29 is 4.79 Å². The number of ketones is 1. The molecule has 0 radical (unpaired) electrons. The molecule has 6 rings (SSSR count). The Morgan fingerprint density at radius 2 is 2.04 bits per heavy atom. The highest BCUT2D eigenvalue weighted by atomic mass is 16.1. The van der Waals surface area contributed by atoms with Crippen molar-refractivity contribution in [2.75, 3.05) is 0 Å². The van der Waals surface area contributed by atoms with Crippen LogP contribution in [0.4, 0.5) is 0 Å². The van der Waals surface area contributed by atoms with Crippen molar-refractivity contribution >= 4 is 5.78 Å². The number of rotatable bonds is 1. The maximum atomic E-state index is 12.0. The van der Waals surface area contributed by atoms with Crippen molar-refractivity contribution in [1.29, 1.82) is 5.26 Å². The van der Waals surface area contributed by atoms with E-state index in [1.54, 1.807) is 5.57 Å². The lowest BCUT2D eigenvalue weighted by Crippen LogP contribution is -2.52. The van der Waals surface area contributed by atoms with Crippen molar-refractivity contribution in [2.24, 2.45) is 58.2 Å². The van der Waals surface area contributed by atoms with Crippen LogP contribution in [0.15, 0.2) is 11.6 Å². The first-order chi connectivity index (χ1) is 12.1. The van der Waals surface area contributed by atoms with E-state index in [4.69, 9.17) is 0 Å². The summed E-state index contributed by atoms with van der Waals surface area (Å²) in [6, 6.07) is 2.89. The zero-order chi connectivity index (χ0) is 17.1. The third kappa shape index (κ3) is 1.53. The standard InChI is InChI=1S/C23H29NO/c1-3-23(11-24)19-10-18(19)21-20-14(6-7-22(21,23)2)13-5-4-12(25)8-15(13)16-9-17(16)20/h8,13-14,16-21H,3-7,9-10H2,1-2H3/t13-,14-,16+,17+,18-,19+,20+,21+,22+,23+/m1/s1. The van der Waals surface area contributed by atoms with E-state index in [1.165, 1.54) is 25.7 Å². The molecule has 0 bridgehead atoms. The summed E-state index contributed by atoms with van der Waals surface area (Å²) in [4.78, 5) is 12.0. The number of hydrogen-bond acceptors (Lipinski definition) is 2. The van der Waals surface area contributed by atoms with Gasteiger partial charge in [-0.1, -0.05) is 19.4 Å². The fourth-order valence-corrected chi connectivity index (χ4v) is 9.10. The molecule has 0 unspecified atom stereocenters. The summed E-state index contributed by atoms with van der Waals surface area (Å²) in [5.41, 5.74) is 1.76. The highest BCUT2D eigenvalue weighted by Crippen LogP contribution is 2.82. The molecule has 10 atom stereocenters. The molecule has 6 aliphatic rings. The van der Waals surface area contributed by atoms with Gasteiger partial charge in [0.15, 0.2) is 5.78 Å². The zero-order valence-electron chi connectivity index (χ0n) is 15.5. The first kappa shape index (κ1) is 15.0. The van der Waals surface area contributed by atoms with E-state index in [0.29, 0.717) is 17.6 Å². The minimum absolute atomic E-state index is 0.0453. The monoisotopic (exact) mass is 335 g/mol. The molecule has 0 aromatic carbocycles. The van der Waals surface area contributed by atoms with Crippen molar-refractivity contribution in [1.82, 2.24) is 0 Å². The average Bonchev–Trinajstić information content (AvgIpc) is 3.50. The molecule has 0 saturated heterocycles. The molecule has 0 N–H and O–H groups in total. The molecule has 25 heavy (non-hydrogen) atoms. The molecule has 6 aliphatic carbocycles. The summed E-state index contributed by atoms with van der Waals surface area (Å²) in [5.74, 6) is 6.66.